The van der Waals surface area contributed by atoms with Gasteiger partial charge in [-0.2, -0.15) is 0 Å². The van der Waals surface area contributed by atoms with Gasteiger partial charge in [-0.1, -0.05) is 72.8 Å². The number of aliphatic imine (C=N–C) groups is 1. The number of methoxy groups -OCH3 is 1. The average Bonchev–Trinajstić information content (AvgIpc) is 2.89. The number of carbonyl (C=O) groups excluding carboxylic acids is 1. The summed E-state index contributed by atoms with van der Waals surface area (Å²) < 4.78 is 4.89. The number of hydrogen-bond acceptors (Lipinski definition) is 4. The molecular formula is C29H30N2O2. The first-order valence-corrected chi connectivity index (χ1v) is 11.8. The van der Waals surface area contributed by atoms with Gasteiger partial charge in [-0.25, -0.2) is 4.79 Å². The summed E-state index contributed by atoms with van der Waals surface area (Å²) >= 11 is 0. The summed E-state index contributed by atoms with van der Waals surface area (Å²) in [7, 11) is 1.42. The van der Waals surface area contributed by atoms with Crippen molar-refractivity contribution in [1.82, 2.24) is 4.90 Å². The van der Waals surface area contributed by atoms with Crippen molar-refractivity contribution < 1.29 is 9.53 Å². The van der Waals surface area contributed by atoms with E-state index >= 15 is 0 Å². The summed E-state index contributed by atoms with van der Waals surface area (Å²) in [6, 6.07) is 29.6. The molecular weight excluding hydrogens is 408 g/mol. The predicted molar refractivity (Wildman–Crippen MR) is 132 cm³/mol. The Bertz CT molecular complexity index is 1080. The smallest absolute Gasteiger partial charge is 0.337 e. The first-order chi connectivity index (χ1) is 16.2. The molecule has 33 heavy (non-hydrogen) atoms. The lowest BCUT2D eigenvalue weighted by atomic mass is 9.72. The van der Waals surface area contributed by atoms with Gasteiger partial charge < -0.3 is 4.74 Å². The standard InChI is InChI=1S/C29H30N2O2/c1-33-29(32)25-14-8-9-21(19-25)20-30-27-24-15-17-31(18-16-24)28(27)26(22-10-4-2-5-11-22)23-12-6-3-7-13-23/h2-14,19,24,26,28H,15-18,20H2,1H3/b30-27+. The summed E-state index contributed by atoms with van der Waals surface area (Å²) in [5.41, 5.74) is 5.60. The van der Waals surface area contributed by atoms with Crippen LogP contribution in [0.4, 0.5) is 0 Å². The molecule has 2 bridgehead atoms. The highest BCUT2D eigenvalue weighted by atomic mass is 16.5. The van der Waals surface area contributed by atoms with Crippen LogP contribution in [-0.2, 0) is 11.3 Å². The lowest BCUT2D eigenvalue weighted by Gasteiger charge is -2.49. The average molecular weight is 439 g/mol. The fraction of sp³-hybridized carbons (Fsp3) is 0.310. The van der Waals surface area contributed by atoms with Crippen LogP contribution in [0.15, 0.2) is 89.9 Å². The lowest BCUT2D eigenvalue weighted by Crippen LogP contribution is -2.58. The van der Waals surface area contributed by atoms with Gasteiger partial charge in [-0.05, 0) is 54.8 Å². The van der Waals surface area contributed by atoms with Crippen LogP contribution in [0.3, 0.4) is 0 Å². The number of rotatable bonds is 6. The molecule has 0 aromatic heterocycles. The van der Waals surface area contributed by atoms with E-state index in [1.54, 1.807) is 6.07 Å². The Labute approximate surface area is 195 Å². The SMILES string of the molecule is COC(=O)c1cccc(C/N=C2\C3CCN(CC3)C2C(c2ccccc2)c2ccccc2)c1. The molecule has 1 atom stereocenters. The monoisotopic (exact) mass is 438 g/mol. The van der Waals surface area contributed by atoms with Gasteiger partial charge in [0.1, 0.15) is 0 Å². The van der Waals surface area contributed by atoms with Crippen molar-refractivity contribution in [2.75, 3.05) is 20.2 Å². The summed E-state index contributed by atoms with van der Waals surface area (Å²) in [6.07, 6.45) is 2.35. The van der Waals surface area contributed by atoms with E-state index in [1.165, 1.54) is 36.8 Å². The summed E-state index contributed by atoms with van der Waals surface area (Å²) in [5, 5.41) is 0. The van der Waals surface area contributed by atoms with Gasteiger partial charge in [-0.3, -0.25) is 9.89 Å². The van der Waals surface area contributed by atoms with Gasteiger partial charge in [0.05, 0.1) is 25.3 Å². The first-order valence-electron chi connectivity index (χ1n) is 11.8. The molecule has 3 aliphatic heterocycles. The number of esters is 1. The van der Waals surface area contributed by atoms with E-state index in [4.69, 9.17) is 9.73 Å². The molecule has 0 amide bonds. The minimum absolute atomic E-state index is 0.246. The number of fused-ring (bicyclic) bond motifs is 3. The Morgan fingerprint density at radius 2 is 1.58 bits per heavy atom. The number of benzene rings is 3. The van der Waals surface area contributed by atoms with Gasteiger partial charge >= 0.3 is 5.97 Å². The molecule has 0 spiro atoms. The predicted octanol–water partition coefficient (Wildman–Crippen LogP) is 5.34. The molecule has 4 heteroatoms. The van der Waals surface area contributed by atoms with Crippen LogP contribution < -0.4 is 0 Å². The van der Waals surface area contributed by atoms with Gasteiger partial charge in [0.15, 0.2) is 0 Å². The fourth-order valence-electron chi connectivity index (χ4n) is 5.48. The Morgan fingerprint density at radius 1 is 0.939 bits per heavy atom. The molecule has 4 nitrogen and oxygen atoms in total. The van der Waals surface area contributed by atoms with Crippen molar-refractivity contribution in [3.05, 3.63) is 107 Å². The van der Waals surface area contributed by atoms with E-state index in [9.17, 15) is 4.79 Å². The third kappa shape index (κ3) is 4.49. The Kier molecular flexibility index (Phi) is 6.36. The van der Waals surface area contributed by atoms with Crippen LogP contribution in [-0.4, -0.2) is 42.8 Å². The van der Waals surface area contributed by atoms with Gasteiger partial charge in [0.25, 0.3) is 0 Å². The quantitative estimate of drug-likeness (QED) is 0.488. The number of piperidine rings is 3. The lowest BCUT2D eigenvalue weighted by molar-refractivity contribution is 0.0600. The van der Waals surface area contributed by atoms with Crippen molar-refractivity contribution in [1.29, 1.82) is 0 Å². The van der Waals surface area contributed by atoms with E-state index in [0.717, 1.165) is 18.7 Å². The molecule has 0 aliphatic carbocycles. The van der Waals surface area contributed by atoms with Crippen LogP contribution in [0.2, 0.25) is 0 Å². The van der Waals surface area contributed by atoms with Crippen molar-refractivity contribution >= 4 is 11.7 Å². The maximum absolute atomic E-state index is 12.0. The molecule has 3 aliphatic rings. The highest BCUT2D eigenvalue weighted by Crippen LogP contribution is 2.40. The third-order valence-electron chi connectivity index (χ3n) is 7.07. The molecule has 3 aromatic rings. The third-order valence-corrected chi connectivity index (χ3v) is 7.07. The highest BCUT2D eigenvalue weighted by molar-refractivity contribution is 5.94. The van der Waals surface area contributed by atoms with Crippen LogP contribution in [0.5, 0.6) is 0 Å². The zero-order valence-corrected chi connectivity index (χ0v) is 19.1. The van der Waals surface area contributed by atoms with Crippen LogP contribution in [0, 0.1) is 5.92 Å². The van der Waals surface area contributed by atoms with Crippen molar-refractivity contribution in [2.45, 2.75) is 31.3 Å². The largest absolute Gasteiger partial charge is 0.465 e. The topological polar surface area (TPSA) is 41.9 Å². The van der Waals surface area contributed by atoms with Gasteiger partial charge in [0.2, 0.25) is 0 Å². The molecule has 6 rings (SSSR count). The van der Waals surface area contributed by atoms with Crippen LogP contribution in [0.1, 0.15) is 45.8 Å². The summed E-state index contributed by atoms with van der Waals surface area (Å²) in [6.45, 7) is 2.84. The molecule has 3 heterocycles. The Morgan fingerprint density at radius 3 is 2.18 bits per heavy atom. The number of nitrogens with zero attached hydrogens (tertiary/aromatic N) is 2. The normalized spacial score (nSPS) is 23.1. The van der Waals surface area contributed by atoms with Crippen molar-refractivity contribution in [2.24, 2.45) is 10.9 Å². The molecule has 3 saturated heterocycles. The summed E-state index contributed by atoms with van der Waals surface area (Å²) in [5.74, 6) is 0.466. The minimum Gasteiger partial charge on any atom is -0.465 e. The van der Waals surface area contributed by atoms with E-state index in [1.807, 2.05) is 18.2 Å². The van der Waals surface area contributed by atoms with Crippen molar-refractivity contribution in [3.63, 3.8) is 0 Å². The van der Waals surface area contributed by atoms with Gasteiger partial charge in [-0.15, -0.1) is 0 Å². The van der Waals surface area contributed by atoms with Crippen LogP contribution in [0.25, 0.3) is 0 Å². The number of ether oxygens (including phenoxy) is 1. The van der Waals surface area contributed by atoms with E-state index < -0.39 is 0 Å². The van der Waals surface area contributed by atoms with E-state index in [-0.39, 0.29) is 17.9 Å². The van der Waals surface area contributed by atoms with Crippen molar-refractivity contribution in [3.8, 4) is 0 Å². The van der Waals surface area contributed by atoms with E-state index in [2.05, 4.69) is 65.6 Å². The number of hydrogen-bond donors (Lipinski definition) is 0. The Hall–Kier alpha value is -3.24. The maximum Gasteiger partial charge on any atom is 0.337 e. The second kappa shape index (κ2) is 9.72. The molecule has 168 valence electrons. The highest BCUT2D eigenvalue weighted by Gasteiger charge is 2.43. The molecule has 3 fully saturated rings. The number of carbonyl (C=O) groups is 1. The maximum atomic E-state index is 12.0. The molecule has 3 aromatic carbocycles. The molecule has 0 N–H and O–H groups in total. The minimum atomic E-state index is -0.307. The zero-order valence-electron chi connectivity index (χ0n) is 19.1. The van der Waals surface area contributed by atoms with Crippen LogP contribution >= 0.6 is 0 Å². The van der Waals surface area contributed by atoms with E-state index in [0.29, 0.717) is 18.0 Å². The first kappa shape index (κ1) is 21.6. The van der Waals surface area contributed by atoms with Gasteiger partial charge in [0, 0.05) is 17.5 Å². The fourth-order valence-corrected chi connectivity index (χ4v) is 5.48. The zero-order chi connectivity index (χ0) is 22.6. The molecule has 0 radical (unpaired) electrons. The Balaban J connectivity index is 1.52. The molecule has 1 unspecified atom stereocenters. The second-order valence-corrected chi connectivity index (χ2v) is 8.99. The molecule has 0 saturated carbocycles. The second-order valence-electron chi connectivity index (χ2n) is 8.99. The summed E-state index contributed by atoms with van der Waals surface area (Å²) in [4.78, 5) is 19.8.